The van der Waals surface area contributed by atoms with Gasteiger partial charge in [0.1, 0.15) is 4.83 Å². The van der Waals surface area contributed by atoms with Crippen LogP contribution in [0, 0.1) is 12.8 Å². The number of amides is 2. The molecule has 2 amide bonds. The van der Waals surface area contributed by atoms with Crippen molar-refractivity contribution in [2.24, 2.45) is 5.92 Å². The second kappa shape index (κ2) is 6.94. The lowest BCUT2D eigenvalue weighted by molar-refractivity contribution is 0.112. The smallest absolute Gasteiger partial charge is 0.305 e. The molecule has 1 aliphatic rings. The Bertz CT molecular complexity index is 1060. The molecule has 3 aromatic heterocycles. The van der Waals surface area contributed by atoms with Gasteiger partial charge in [-0.15, -0.1) is 11.3 Å². The molecule has 0 fully saturated rings. The molecular formula is C19H18N4O2S2. The zero-order valence-electron chi connectivity index (χ0n) is 15.1. The Morgan fingerprint density at radius 1 is 1.37 bits per heavy atom. The van der Waals surface area contributed by atoms with Crippen LogP contribution in [0.4, 0.5) is 16.2 Å². The summed E-state index contributed by atoms with van der Waals surface area (Å²) in [6.45, 7) is 6.36. The van der Waals surface area contributed by atoms with Gasteiger partial charge in [0, 0.05) is 18.1 Å². The van der Waals surface area contributed by atoms with E-state index in [9.17, 15) is 9.59 Å². The van der Waals surface area contributed by atoms with Gasteiger partial charge in [0.15, 0.2) is 6.29 Å². The molecular weight excluding hydrogens is 380 g/mol. The Labute approximate surface area is 165 Å². The molecule has 6 nitrogen and oxygen atoms in total. The zero-order chi connectivity index (χ0) is 19.1. The van der Waals surface area contributed by atoms with Crippen LogP contribution in [0.1, 0.15) is 34.8 Å². The fourth-order valence-corrected chi connectivity index (χ4v) is 4.90. The lowest BCUT2D eigenvalue weighted by atomic mass is 10.1. The minimum Gasteiger partial charge on any atom is -0.305 e. The van der Waals surface area contributed by atoms with E-state index in [1.54, 1.807) is 16.6 Å². The Morgan fingerprint density at radius 3 is 2.89 bits per heavy atom. The van der Waals surface area contributed by atoms with Gasteiger partial charge in [0.25, 0.3) is 0 Å². The molecule has 0 radical (unpaired) electrons. The van der Waals surface area contributed by atoms with Gasteiger partial charge in [-0.3, -0.25) is 9.78 Å². The van der Waals surface area contributed by atoms with Crippen LogP contribution in [0.3, 0.4) is 0 Å². The van der Waals surface area contributed by atoms with E-state index in [2.05, 4.69) is 35.2 Å². The zero-order valence-corrected chi connectivity index (χ0v) is 16.8. The standard InChI is InChI=1S/C19H18N4O2S2/c1-10(2)6-12-7-11(3)14(8-21-12)27-23-13-4-5-20-18-16(13)17(22-19(23)25)15(9-24)26-18/h4-5,7-10H,6H2,1-3H3,(H,22,25). The summed E-state index contributed by atoms with van der Waals surface area (Å²) in [5.41, 5.74) is 3.42. The maximum absolute atomic E-state index is 12.7. The van der Waals surface area contributed by atoms with E-state index >= 15 is 0 Å². The number of anilines is 2. The van der Waals surface area contributed by atoms with E-state index in [1.807, 2.05) is 13.1 Å². The van der Waals surface area contributed by atoms with Crippen LogP contribution in [-0.4, -0.2) is 22.3 Å². The summed E-state index contributed by atoms with van der Waals surface area (Å²) in [5.74, 6) is 0.539. The Morgan fingerprint density at radius 2 is 2.19 bits per heavy atom. The van der Waals surface area contributed by atoms with Crippen molar-refractivity contribution in [2.75, 3.05) is 9.62 Å². The van der Waals surface area contributed by atoms with Crippen molar-refractivity contribution < 1.29 is 9.59 Å². The molecule has 8 heteroatoms. The monoisotopic (exact) mass is 398 g/mol. The third-order valence-corrected chi connectivity index (χ3v) is 6.46. The first-order chi connectivity index (χ1) is 13.0. The summed E-state index contributed by atoms with van der Waals surface area (Å²) in [5, 5.41) is 3.64. The van der Waals surface area contributed by atoms with E-state index in [1.165, 1.54) is 23.3 Å². The van der Waals surface area contributed by atoms with E-state index < -0.39 is 0 Å². The fourth-order valence-electron chi connectivity index (χ4n) is 3.08. The topological polar surface area (TPSA) is 75.2 Å². The van der Waals surface area contributed by atoms with E-state index in [4.69, 9.17) is 0 Å². The number of nitrogens with one attached hydrogen (secondary N) is 1. The molecule has 0 unspecified atom stereocenters. The van der Waals surface area contributed by atoms with Crippen LogP contribution in [-0.2, 0) is 6.42 Å². The van der Waals surface area contributed by atoms with Crippen LogP contribution in [0.25, 0.3) is 10.2 Å². The lowest BCUT2D eigenvalue weighted by Gasteiger charge is -2.27. The van der Waals surface area contributed by atoms with Crippen molar-refractivity contribution in [2.45, 2.75) is 32.1 Å². The molecule has 1 aliphatic heterocycles. The molecule has 4 rings (SSSR count). The first-order valence-corrected chi connectivity index (χ1v) is 10.2. The third kappa shape index (κ3) is 3.19. The molecule has 4 heterocycles. The predicted octanol–water partition coefficient (Wildman–Crippen LogP) is 5.07. The minimum atomic E-state index is -0.285. The van der Waals surface area contributed by atoms with Crippen molar-refractivity contribution in [1.29, 1.82) is 0 Å². The van der Waals surface area contributed by atoms with Gasteiger partial charge in [-0.2, -0.15) is 0 Å². The van der Waals surface area contributed by atoms with E-state index in [0.717, 1.165) is 44.8 Å². The number of pyridine rings is 2. The van der Waals surface area contributed by atoms with E-state index in [0.29, 0.717) is 16.5 Å². The molecule has 3 aromatic rings. The molecule has 0 bridgehead atoms. The second-order valence-corrected chi connectivity index (χ2v) is 8.84. The first-order valence-electron chi connectivity index (χ1n) is 8.59. The van der Waals surface area contributed by atoms with Crippen molar-refractivity contribution in [3.8, 4) is 0 Å². The second-order valence-electron chi connectivity index (χ2n) is 6.82. The summed E-state index contributed by atoms with van der Waals surface area (Å²) < 4.78 is 1.60. The maximum atomic E-state index is 12.7. The van der Waals surface area contributed by atoms with Crippen LogP contribution in [0.5, 0.6) is 0 Å². The molecule has 138 valence electrons. The summed E-state index contributed by atoms with van der Waals surface area (Å²) >= 11 is 2.61. The highest BCUT2D eigenvalue weighted by Crippen LogP contribution is 2.45. The predicted molar refractivity (Wildman–Crippen MR) is 110 cm³/mol. The number of aryl methyl sites for hydroxylation is 1. The number of thiophene rings is 1. The van der Waals surface area contributed by atoms with Crippen LogP contribution in [0.15, 0.2) is 29.4 Å². The quantitative estimate of drug-likeness (QED) is 0.480. The number of hydrogen-bond donors (Lipinski definition) is 1. The molecule has 0 aromatic carbocycles. The highest BCUT2D eigenvalue weighted by molar-refractivity contribution is 8.01. The summed E-state index contributed by atoms with van der Waals surface area (Å²) in [7, 11) is 0. The number of rotatable bonds is 5. The summed E-state index contributed by atoms with van der Waals surface area (Å²) in [6.07, 6.45) is 5.17. The molecule has 0 atom stereocenters. The van der Waals surface area contributed by atoms with Crippen molar-refractivity contribution in [1.82, 2.24) is 9.97 Å². The average molecular weight is 399 g/mol. The van der Waals surface area contributed by atoms with Crippen molar-refractivity contribution >= 4 is 57.2 Å². The Kier molecular flexibility index (Phi) is 4.61. The fraction of sp³-hybridized carbons (Fsp3) is 0.263. The Hall–Kier alpha value is -2.45. The number of carbonyl (C=O) groups excluding carboxylic acids is 2. The van der Waals surface area contributed by atoms with Gasteiger partial charge >= 0.3 is 6.03 Å². The van der Waals surface area contributed by atoms with Gasteiger partial charge in [0.05, 0.1) is 26.5 Å². The average Bonchev–Trinajstić information content (AvgIpc) is 2.98. The molecule has 0 saturated carbocycles. The number of carbonyl (C=O) groups is 2. The number of aldehydes is 1. The van der Waals surface area contributed by atoms with Gasteiger partial charge in [-0.1, -0.05) is 13.8 Å². The number of hydrogen-bond acceptors (Lipinski definition) is 6. The van der Waals surface area contributed by atoms with Gasteiger partial charge in [0.2, 0.25) is 0 Å². The number of urea groups is 1. The van der Waals surface area contributed by atoms with Crippen LogP contribution >= 0.6 is 23.3 Å². The third-order valence-electron chi connectivity index (χ3n) is 4.27. The van der Waals surface area contributed by atoms with E-state index in [-0.39, 0.29) is 6.03 Å². The van der Waals surface area contributed by atoms with Crippen molar-refractivity contribution in [3.05, 3.63) is 40.7 Å². The molecule has 0 spiro atoms. The molecule has 27 heavy (non-hydrogen) atoms. The highest BCUT2D eigenvalue weighted by atomic mass is 32.2. The summed E-state index contributed by atoms with van der Waals surface area (Å²) in [6, 6.07) is 3.59. The number of nitrogens with zero attached hydrogens (tertiary/aromatic N) is 3. The largest absolute Gasteiger partial charge is 0.336 e. The van der Waals surface area contributed by atoms with Crippen LogP contribution in [0.2, 0.25) is 0 Å². The maximum Gasteiger partial charge on any atom is 0.336 e. The SMILES string of the molecule is Cc1cc(CC(C)C)ncc1SN1C(=O)Nc2c(C=O)sc3nccc1c23. The molecule has 0 saturated heterocycles. The number of aromatic nitrogens is 2. The Balaban J connectivity index is 1.72. The van der Waals surface area contributed by atoms with Gasteiger partial charge in [-0.05, 0) is 48.9 Å². The van der Waals surface area contributed by atoms with Gasteiger partial charge in [-0.25, -0.2) is 14.1 Å². The first kappa shape index (κ1) is 17.9. The minimum absolute atomic E-state index is 0.285. The lowest BCUT2D eigenvalue weighted by Crippen LogP contribution is -2.32. The highest BCUT2D eigenvalue weighted by Gasteiger charge is 2.30. The van der Waals surface area contributed by atoms with Gasteiger partial charge < -0.3 is 5.32 Å². The normalized spacial score (nSPS) is 13.3. The molecule has 1 N–H and O–H groups in total. The summed E-state index contributed by atoms with van der Waals surface area (Å²) in [4.78, 5) is 35.1. The van der Waals surface area contributed by atoms with Crippen molar-refractivity contribution in [3.63, 3.8) is 0 Å². The van der Waals surface area contributed by atoms with Crippen LogP contribution < -0.4 is 9.62 Å². The molecule has 0 aliphatic carbocycles.